The second kappa shape index (κ2) is 7.67. The van der Waals surface area contributed by atoms with Gasteiger partial charge >= 0.3 is 6.09 Å². The maximum absolute atomic E-state index is 14.6. The number of amides is 2. The Bertz CT molecular complexity index is 723. The quantitative estimate of drug-likeness (QED) is 0.807. The molecule has 0 bridgehead atoms. The second-order valence-electron chi connectivity index (χ2n) is 7.03. The maximum atomic E-state index is 14.6. The van der Waals surface area contributed by atoms with Crippen LogP contribution in [0.5, 0.6) is 0 Å². The van der Waals surface area contributed by atoms with E-state index in [4.69, 9.17) is 10.5 Å². The summed E-state index contributed by atoms with van der Waals surface area (Å²) in [4.78, 5) is 26.1. The number of hydrogen-bond donors (Lipinski definition) is 2. The molecule has 0 aliphatic carbocycles. The van der Waals surface area contributed by atoms with Crippen molar-refractivity contribution in [3.8, 4) is 0 Å². The van der Waals surface area contributed by atoms with E-state index in [1.807, 2.05) is 0 Å². The number of carbonyl (C=O) groups is 2. The molecule has 2 saturated heterocycles. The maximum Gasteiger partial charge on any atom is 0.414 e. The first-order valence-electron chi connectivity index (χ1n) is 8.97. The number of carbonyl (C=O) groups excluding carboxylic acids is 2. The monoisotopic (exact) mass is 382 g/mol. The summed E-state index contributed by atoms with van der Waals surface area (Å²) in [6, 6.07) is 4.51. The first-order valence-corrected chi connectivity index (χ1v) is 8.97. The van der Waals surface area contributed by atoms with Crippen molar-refractivity contribution < 1.29 is 23.1 Å². The van der Waals surface area contributed by atoms with Gasteiger partial charge in [0.1, 0.15) is 17.6 Å². The van der Waals surface area contributed by atoms with Crippen LogP contribution < -0.4 is 20.9 Å². The summed E-state index contributed by atoms with van der Waals surface area (Å²) in [6.07, 6.45) is -0.553. The molecular formula is C18H24F2N4O3. The van der Waals surface area contributed by atoms with Crippen molar-refractivity contribution in [2.24, 2.45) is 5.73 Å². The van der Waals surface area contributed by atoms with Crippen molar-refractivity contribution in [3.63, 3.8) is 0 Å². The number of piperidine rings is 1. The number of hydrogen-bond acceptors (Lipinski definition) is 5. The summed E-state index contributed by atoms with van der Waals surface area (Å²) in [5.74, 6) is -0.696. The molecule has 1 atom stereocenters. The first kappa shape index (κ1) is 19.3. The van der Waals surface area contributed by atoms with Crippen LogP contribution in [-0.2, 0) is 9.53 Å². The number of cyclic esters (lactones) is 1. The van der Waals surface area contributed by atoms with E-state index in [9.17, 15) is 18.4 Å². The molecule has 2 heterocycles. The van der Waals surface area contributed by atoms with E-state index in [0.29, 0.717) is 24.5 Å². The fourth-order valence-corrected chi connectivity index (χ4v) is 3.37. The van der Waals surface area contributed by atoms with E-state index in [2.05, 4.69) is 5.32 Å². The highest BCUT2D eigenvalue weighted by atomic mass is 19.1. The SMILES string of the molecule is CC(=O)NCC1CN(c2ccc(N3CCC(F)(CN)CC3)c(F)c2)C(=O)O1. The van der Waals surface area contributed by atoms with Crippen molar-refractivity contribution in [2.75, 3.05) is 42.5 Å². The lowest BCUT2D eigenvalue weighted by atomic mass is 9.93. The molecule has 1 unspecified atom stereocenters. The topological polar surface area (TPSA) is 87.9 Å². The van der Waals surface area contributed by atoms with Gasteiger partial charge in [0.05, 0.1) is 24.5 Å². The van der Waals surface area contributed by atoms with Gasteiger partial charge in [0.2, 0.25) is 5.91 Å². The Morgan fingerprint density at radius 2 is 2.11 bits per heavy atom. The summed E-state index contributed by atoms with van der Waals surface area (Å²) < 4.78 is 34.1. The van der Waals surface area contributed by atoms with Crippen molar-refractivity contribution in [3.05, 3.63) is 24.0 Å². The van der Waals surface area contributed by atoms with E-state index in [1.165, 1.54) is 17.9 Å². The molecule has 0 spiro atoms. The Balaban J connectivity index is 1.67. The van der Waals surface area contributed by atoms with Gasteiger partial charge in [-0.2, -0.15) is 0 Å². The van der Waals surface area contributed by atoms with E-state index < -0.39 is 23.7 Å². The van der Waals surface area contributed by atoms with Crippen LogP contribution in [0.3, 0.4) is 0 Å². The van der Waals surface area contributed by atoms with Gasteiger partial charge < -0.3 is 20.7 Å². The fourth-order valence-electron chi connectivity index (χ4n) is 3.37. The third-order valence-corrected chi connectivity index (χ3v) is 5.06. The molecule has 1 aromatic carbocycles. The standard InChI is InChI=1S/C18H24F2N4O3/c1-12(25)22-9-14-10-24(17(26)27-14)13-2-3-16(15(19)8-13)23-6-4-18(20,11-21)5-7-23/h2-3,8,14H,4-7,9-11,21H2,1H3,(H,22,25). The lowest BCUT2D eigenvalue weighted by Crippen LogP contribution is -2.46. The predicted octanol–water partition coefficient (Wildman–Crippen LogP) is 1.55. The Morgan fingerprint density at radius 3 is 2.70 bits per heavy atom. The van der Waals surface area contributed by atoms with E-state index in [0.717, 1.165) is 0 Å². The summed E-state index contributed by atoms with van der Waals surface area (Å²) in [7, 11) is 0. The normalized spacial score (nSPS) is 21.9. The summed E-state index contributed by atoms with van der Waals surface area (Å²) in [5.41, 5.74) is 4.84. The highest BCUT2D eigenvalue weighted by Crippen LogP contribution is 2.32. The Labute approximate surface area is 156 Å². The van der Waals surface area contributed by atoms with Crippen molar-refractivity contribution in [2.45, 2.75) is 31.5 Å². The van der Waals surface area contributed by atoms with Gasteiger partial charge in [-0.25, -0.2) is 13.6 Å². The smallest absolute Gasteiger partial charge is 0.414 e. The van der Waals surface area contributed by atoms with Gasteiger partial charge in [-0.3, -0.25) is 9.69 Å². The van der Waals surface area contributed by atoms with Crippen LogP contribution in [0.2, 0.25) is 0 Å². The van der Waals surface area contributed by atoms with Gasteiger partial charge in [-0.15, -0.1) is 0 Å². The summed E-state index contributed by atoms with van der Waals surface area (Å²) in [5, 5.41) is 2.59. The number of nitrogens with two attached hydrogens (primary N) is 1. The average Bonchev–Trinajstić information content (AvgIpc) is 3.02. The Kier molecular flexibility index (Phi) is 5.50. The molecule has 9 heteroatoms. The predicted molar refractivity (Wildman–Crippen MR) is 97.0 cm³/mol. The number of rotatable bonds is 5. The van der Waals surface area contributed by atoms with Crippen molar-refractivity contribution in [1.29, 1.82) is 0 Å². The molecule has 2 aliphatic rings. The minimum atomic E-state index is -1.38. The molecule has 2 aliphatic heterocycles. The van der Waals surface area contributed by atoms with Gasteiger partial charge in [0.25, 0.3) is 0 Å². The van der Waals surface area contributed by atoms with Crippen molar-refractivity contribution >= 4 is 23.4 Å². The van der Waals surface area contributed by atoms with E-state index >= 15 is 0 Å². The molecule has 2 amide bonds. The molecule has 1 aromatic rings. The van der Waals surface area contributed by atoms with Gasteiger partial charge in [-0.1, -0.05) is 0 Å². The number of nitrogens with zero attached hydrogens (tertiary/aromatic N) is 2. The van der Waals surface area contributed by atoms with Crippen LogP contribution in [0.4, 0.5) is 25.0 Å². The van der Waals surface area contributed by atoms with Gasteiger partial charge in [-0.05, 0) is 18.2 Å². The van der Waals surface area contributed by atoms with Crippen LogP contribution in [0, 0.1) is 5.82 Å². The first-order chi connectivity index (χ1) is 12.8. The molecule has 0 saturated carbocycles. The van der Waals surface area contributed by atoms with Crippen LogP contribution in [0.1, 0.15) is 19.8 Å². The Hall–Kier alpha value is -2.42. The van der Waals surface area contributed by atoms with Crippen LogP contribution in [0.15, 0.2) is 18.2 Å². The molecule has 3 N–H and O–H groups in total. The highest BCUT2D eigenvalue weighted by Gasteiger charge is 2.35. The van der Waals surface area contributed by atoms with Crippen molar-refractivity contribution in [1.82, 2.24) is 5.32 Å². The minimum absolute atomic E-state index is 0.0288. The third kappa shape index (κ3) is 4.29. The molecule has 148 valence electrons. The molecule has 27 heavy (non-hydrogen) atoms. The molecule has 2 fully saturated rings. The lowest BCUT2D eigenvalue weighted by molar-refractivity contribution is -0.119. The van der Waals surface area contributed by atoms with Crippen LogP contribution in [-0.4, -0.2) is 56.5 Å². The number of nitrogens with one attached hydrogen (secondary N) is 1. The van der Waals surface area contributed by atoms with Gasteiger partial charge in [0.15, 0.2) is 0 Å². The average molecular weight is 382 g/mol. The largest absolute Gasteiger partial charge is 0.442 e. The number of ether oxygens (including phenoxy) is 1. The van der Waals surface area contributed by atoms with Gasteiger partial charge in [0, 0.05) is 39.4 Å². The van der Waals surface area contributed by atoms with Crippen LogP contribution in [0.25, 0.3) is 0 Å². The van der Waals surface area contributed by atoms with E-state index in [-0.39, 0.29) is 38.4 Å². The zero-order valence-corrected chi connectivity index (χ0v) is 15.2. The molecule has 0 radical (unpaired) electrons. The van der Waals surface area contributed by atoms with Crippen LogP contribution >= 0.6 is 0 Å². The summed E-state index contributed by atoms with van der Waals surface area (Å²) >= 11 is 0. The van der Waals surface area contributed by atoms with E-state index in [1.54, 1.807) is 17.0 Å². The fraction of sp³-hybridized carbons (Fsp3) is 0.556. The second-order valence-corrected chi connectivity index (χ2v) is 7.03. The lowest BCUT2D eigenvalue weighted by Gasteiger charge is -2.37. The molecular weight excluding hydrogens is 358 g/mol. The number of halogens is 2. The zero-order chi connectivity index (χ0) is 19.6. The molecule has 0 aromatic heterocycles. The zero-order valence-electron chi connectivity index (χ0n) is 15.2. The Morgan fingerprint density at radius 1 is 1.41 bits per heavy atom. The molecule has 7 nitrogen and oxygen atoms in total. The minimum Gasteiger partial charge on any atom is -0.442 e. The molecule has 3 rings (SSSR count). The third-order valence-electron chi connectivity index (χ3n) is 5.06. The summed E-state index contributed by atoms with van der Waals surface area (Å²) in [6.45, 7) is 2.55. The number of alkyl halides is 1. The number of anilines is 2. The highest BCUT2D eigenvalue weighted by molar-refractivity contribution is 5.90. The number of benzene rings is 1.